The molecule has 1 rings (SSSR count). The monoisotopic (exact) mass is 300 g/mol. The minimum atomic E-state index is -0.608. The van der Waals surface area contributed by atoms with E-state index in [9.17, 15) is 9.70 Å². The lowest BCUT2D eigenvalue weighted by molar-refractivity contribution is -0.779. The van der Waals surface area contributed by atoms with Crippen LogP contribution in [0.1, 0.15) is 61.3 Å². The summed E-state index contributed by atoms with van der Waals surface area (Å²) in [5.74, 6) is -0.236. The van der Waals surface area contributed by atoms with Crippen LogP contribution in [0.4, 0.5) is 0 Å². The molecule has 0 N–H and O–H groups in total. The van der Waals surface area contributed by atoms with E-state index >= 15 is 0 Å². The highest BCUT2D eigenvalue weighted by atomic mass is 16.8. The van der Waals surface area contributed by atoms with E-state index < -0.39 is 11.5 Å². The van der Waals surface area contributed by atoms with Crippen LogP contribution in [0.25, 0.3) is 0 Å². The van der Waals surface area contributed by atoms with Crippen molar-refractivity contribution in [2.75, 3.05) is 13.2 Å². The predicted molar refractivity (Wildman–Crippen MR) is 80.6 cm³/mol. The summed E-state index contributed by atoms with van der Waals surface area (Å²) in [5.41, 5.74) is -0.784. The molecule has 2 atom stereocenters. The molecule has 0 bridgehead atoms. The van der Waals surface area contributed by atoms with Gasteiger partial charge in [0.2, 0.25) is 17.6 Å². The van der Waals surface area contributed by atoms with Crippen LogP contribution >= 0.6 is 0 Å². The van der Waals surface area contributed by atoms with Crippen LogP contribution in [0.5, 0.6) is 0 Å². The molecule has 122 valence electrons. The number of nitrogens with zero attached hydrogens (tertiary/aromatic N) is 1. The molecule has 0 aliphatic carbocycles. The summed E-state index contributed by atoms with van der Waals surface area (Å²) in [6.07, 6.45) is 1.27. The van der Waals surface area contributed by atoms with Crippen molar-refractivity contribution < 1.29 is 19.3 Å². The molecule has 0 amide bonds. The molecule has 0 radical (unpaired) electrons. The summed E-state index contributed by atoms with van der Waals surface area (Å²) in [5, 5.41) is 0. The minimum absolute atomic E-state index is 0.0534. The van der Waals surface area contributed by atoms with E-state index in [1.807, 2.05) is 6.92 Å². The lowest BCUT2D eigenvalue weighted by atomic mass is 9.60. The van der Waals surface area contributed by atoms with Crippen molar-refractivity contribution >= 4 is 5.97 Å². The molecule has 5 heteroatoms. The van der Waals surface area contributed by atoms with Gasteiger partial charge in [0.1, 0.15) is 0 Å². The second kappa shape index (κ2) is 5.93. The van der Waals surface area contributed by atoms with E-state index in [4.69, 9.17) is 9.57 Å². The Hall–Kier alpha value is -1.13. The Morgan fingerprint density at radius 2 is 1.81 bits per heavy atom. The molecule has 1 saturated heterocycles. The molecule has 0 saturated carbocycles. The maximum atomic E-state index is 12.8. The Kier molecular flexibility index (Phi) is 5.06. The standard InChI is InChI=1S/C16H30NO4/c1-8-15(5,6)11-16(7,14(2,3)4)13(18)21-12-9-17(19)20-10-12/h12H,8-11H2,1-7H3/q+1. The van der Waals surface area contributed by atoms with Crippen LogP contribution in [0, 0.1) is 21.2 Å². The molecule has 0 aromatic rings. The predicted octanol–water partition coefficient (Wildman–Crippen LogP) is 3.50. The Balaban J connectivity index is 2.91. The molecule has 5 nitrogen and oxygen atoms in total. The first-order chi connectivity index (χ1) is 9.41. The lowest BCUT2D eigenvalue weighted by Crippen LogP contribution is -2.46. The van der Waals surface area contributed by atoms with E-state index in [1.54, 1.807) is 0 Å². The van der Waals surface area contributed by atoms with Gasteiger partial charge in [-0.15, -0.1) is 0 Å². The fourth-order valence-corrected chi connectivity index (χ4v) is 2.52. The van der Waals surface area contributed by atoms with E-state index in [0.29, 0.717) is 4.92 Å². The van der Waals surface area contributed by atoms with Gasteiger partial charge in [0, 0.05) is 0 Å². The molecule has 1 aliphatic rings. The Labute approximate surface area is 127 Å². The zero-order valence-electron chi connectivity index (χ0n) is 14.5. The quantitative estimate of drug-likeness (QED) is 0.729. The summed E-state index contributed by atoms with van der Waals surface area (Å²) in [6, 6.07) is 0. The molecular weight excluding hydrogens is 270 g/mol. The topological polar surface area (TPSA) is 55.6 Å². The minimum Gasteiger partial charge on any atom is -0.451 e. The van der Waals surface area contributed by atoms with Gasteiger partial charge in [-0.05, 0) is 24.2 Å². The van der Waals surface area contributed by atoms with Gasteiger partial charge in [-0.2, -0.15) is 0 Å². The SMILES string of the molecule is CCC(C)(C)CC(C)(C(=O)OC1CO[N+](=O)C1)C(C)(C)C. The zero-order valence-corrected chi connectivity index (χ0v) is 14.5. The van der Waals surface area contributed by atoms with Gasteiger partial charge in [0.25, 0.3) is 6.54 Å². The second-order valence-corrected chi connectivity index (χ2v) is 8.12. The van der Waals surface area contributed by atoms with Gasteiger partial charge in [0.05, 0.1) is 10.3 Å². The third kappa shape index (κ3) is 4.17. The molecule has 1 fully saturated rings. The summed E-state index contributed by atoms with van der Waals surface area (Å²) in [6.45, 7) is 14.9. The van der Waals surface area contributed by atoms with Gasteiger partial charge in [-0.25, -0.2) is 4.84 Å². The summed E-state index contributed by atoms with van der Waals surface area (Å²) in [4.78, 5) is 29.1. The average molecular weight is 300 g/mol. The summed E-state index contributed by atoms with van der Waals surface area (Å²) in [7, 11) is 0. The van der Waals surface area contributed by atoms with Crippen LogP contribution in [0.15, 0.2) is 0 Å². The average Bonchev–Trinajstić information content (AvgIpc) is 2.72. The fourth-order valence-electron chi connectivity index (χ4n) is 2.52. The van der Waals surface area contributed by atoms with Crippen molar-refractivity contribution in [3.05, 3.63) is 4.91 Å². The molecule has 1 heterocycles. The molecule has 2 unspecified atom stereocenters. The molecule has 0 aromatic heterocycles. The van der Waals surface area contributed by atoms with E-state index in [2.05, 4.69) is 41.5 Å². The van der Waals surface area contributed by atoms with Gasteiger partial charge in [0.15, 0.2) is 0 Å². The van der Waals surface area contributed by atoms with Crippen molar-refractivity contribution in [1.82, 2.24) is 0 Å². The molecule has 1 aliphatic heterocycles. The summed E-state index contributed by atoms with van der Waals surface area (Å²) < 4.78 is 5.56. The Morgan fingerprint density at radius 1 is 1.24 bits per heavy atom. The van der Waals surface area contributed by atoms with Crippen LogP contribution < -0.4 is 0 Å². The highest BCUT2D eigenvalue weighted by Gasteiger charge is 2.50. The van der Waals surface area contributed by atoms with Crippen molar-refractivity contribution in [1.29, 1.82) is 0 Å². The highest BCUT2D eigenvalue weighted by Crippen LogP contribution is 2.48. The van der Waals surface area contributed by atoms with Crippen LogP contribution in [-0.4, -0.2) is 30.1 Å². The van der Waals surface area contributed by atoms with Gasteiger partial charge in [-0.1, -0.05) is 48.0 Å². The van der Waals surface area contributed by atoms with Crippen molar-refractivity contribution in [3.63, 3.8) is 0 Å². The number of rotatable bonds is 5. The zero-order chi connectivity index (χ0) is 16.5. The normalized spacial score (nSPS) is 22.6. The van der Waals surface area contributed by atoms with Crippen LogP contribution in [0.2, 0.25) is 0 Å². The Morgan fingerprint density at radius 3 is 2.19 bits per heavy atom. The number of carbonyl (C=O) groups is 1. The molecule has 0 aromatic carbocycles. The maximum absolute atomic E-state index is 12.8. The summed E-state index contributed by atoms with van der Waals surface area (Å²) >= 11 is 0. The van der Waals surface area contributed by atoms with Gasteiger partial charge in [-0.3, -0.25) is 4.79 Å². The highest BCUT2D eigenvalue weighted by molar-refractivity contribution is 5.77. The maximum Gasteiger partial charge on any atom is 0.312 e. The first-order valence-corrected chi connectivity index (χ1v) is 7.70. The van der Waals surface area contributed by atoms with E-state index in [-0.39, 0.29) is 30.0 Å². The van der Waals surface area contributed by atoms with Crippen molar-refractivity contribution in [3.8, 4) is 0 Å². The van der Waals surface area contributed by atoms with E-state index in [1.165, 1.54) is 0 Å². The fraction of sp³-hybridized carbons (Fsp3) is 0.938. The first-order valence-electron chi connectivity index (χ1n) is 7.70. The lowest BCUT2D eigenvalue weighted by Gasteiger charge is -2.44. The van der Waals surface area contributed by atoms with Gasteiger partial charge < -0.3 is 4.74 Å². The van der Waals surface area contributed by atoms with Crippen LogP contribution in [-0.2, 0) is 14.4 Å². The number of esters is 1. The number of ether oxygens (including phenoxy) is 1. The largest absolute Gasteiger partial charge is 0.451 e. The Bertz CT molecular complexity index is 411. The van der Waals surface area contributed by atoms with Crippen molar-refractivity contribution in [2.45, 2.75) is 67.4 Å². The van der Waals surface area contributed by atoms with Crippen LogP contribution in [0.3, 0.4) is 0 Å². The third-order valence-electron chi connectivity index (χ3n) is 4.93. The number of hydrogen-bond acceptors (Lipinski definition) is 4. The van der Waals surface area contributed by atoms with Gasteiger partial charge >= 0.3 is 5.97 Å². The smallest absolute Gasteiger partial charge is 0.312 e. The third-order valence-corrected chi connectivity index (χ3v) is 4.93. The first kappa shape index (κ1) is 17.9. The molecule has 0 spiro atoms. The van der Waals surface area contributed by atoms with Crippen molar-refractivity contribution in [2.24, 2.45) is 16.2 Å². The van der Waals surface area contributed by atoms with E-state index in [0.717, 1.165) is 12.8 Å². The molecular formula is C16H30NO4+. The second-order valence-electron chi connectivity index (χ2n) is 8.12. The molecule has 21 heavy (non-hydrogen) atoms. The number of hydrogen-bond donors (Lipinski definition) is 0. The number of carbonyl (C=O) groups excluding carboxylic acids is 1.